The summed E-state index contributed by atoms with van der Waals surface area (Å²) < 4.78 is 43.0. The van der Waals surface area contributed by atoms with Crippen LogP contribution in [0.4, 0.5) is 24.7 Å². The second kappa shape index (κ2) is 7.48. The summed E-state index contributed by atoms with van der Waals surface area (Å²) in [5.41, 5.74) is 1.81. The van der Waals surface area contributed by atoms with E-state index >= 15 is 0 Å². The van der Waals surface area contributed by atoms with Gasteiger partial charge in [-0.3, -0.25) is 0 Å². The minimum absolute atomic E-state index is 0.00659. The summed E-state index contributed by atoms with van der Waals surface area (Å²) in [7, 11) is 1.70. The SMILES string of the molecule is Cn1nnc2nc(N(CC(F)F)c3ccnc(C#CC4(C)CC4)c3)c3cc(F)ccc3c21. The number of pyridine rings is 2. The molecule has 1 saturated carbocycles. The number of fused-ring (bicyclic) bond motifs is 3. The Morgan fingerprint density at radius 1 is 1.19 bits per heavy atom. The van der Waals surface area contributed by atoms with Crippen LogP contribution in [0.5, 0.6) is 0 Å². The number of rotatable bonds is 4. The lowest BCUT2D eigenvalue weighted by atomic mass is 10.1. The maximum absolute atomic E-state index is 14.2. The molecular weight excluding hydrogens is 417 g/mol. The van der Waals surface area contributed by atoms with Gasteiger partial charge in [-0.25, -0.2) is 27.8 Å². The van der Waals surface area contributed by atoms with Crippen molar-refractivity contribution in [1.82, 2.24) is 25.0 Å². The second-order valence-electron chi connectivity index (χ2n) is 8.22. The number of halogens is 3. The molecule has 0 aliphatic heterocycles. The minimum Gasteiger partial charge on any atom is -0.320 e. The third kappa shape index (κ3) is 3.73. The lowest BCUT2D eigenvalue weighted by Crippen LogP contribution is -2.25. The molecule has 162 valence electrons. The van der Waals surface area contributed by atoms with E-state index in [0.29, 0.717) is 27.7 Å². The molecule has 32 heavy (non-hydrogen) atoms. The van der Waals surface area contributed by atoms with Crippen LogP contribution < -0.4 is 4.90 Å². The summed E-state index contributed by atoms with van der Waals surface area (Å²) in [6, 6.07) is 7.45. The smallest absolute Gasteiger partial charge is 0.256 e. The Bertz CT molecular complexity index is 1400. The first-order valence-electron chi connectivity index (χ1n) is 10.2. The summed E-state index contributed by atoms with van der Waals surface area (Å²) in [6.07, 6.45) is 0.940. The van der Waals surface area contributed by atoms with Gasteiger partial charge in [-0.05, 0) is 56.0 Å². The van der Waals surface area contributed by atoms with Gasteiger partial charge in [-0.2, -0.15) is 0 Å². The summed E-state index contributed by atoms with van der Waals surface area (Å²) in [5.74, 6) is 5.92. The Labute approximate surface area is 182 Å². The van der Waals surface area contributed by atoms with Gasteiger partial charge in [0, 0.05) is 35.1 Å². The molecule has 1 aromatic carbocycles. The van der Waals surface area contributed by atoms with Crippen LogP contribution in [0.1, 0.15) is 25.5 Å². The fraction of sp³-hybridized carbons (Fsp3) is 0.304. The van der Waals surface area contributed by atoms with Crippen molar-refractivity contribution in [2.24, 2.45) is 12.5 Å². The van der Waals surface area contributed by atoms with E-state index in [-0.39, 0.29) is 16.9 Å². The van der Waals surface area contributed by atoms with Crippen LogP contribution in [0.15, 0.2) is 36.5 Å². The Morgan fingerprint density at radius 2 is 2.00 bits per heavy atom. The van der Waals surface area contributed by atoms with Gasteiger partial charge in [0.15, 0.2) is 0 Å². The lowest BCUT2D eigenvalue weighted by molar-refractivity contribution is 0.158. The number of hydrogen-bond acceptors (Lipinski definition) is 5. The Kier molecular flexibility index (Phi) is 4.73. The topological polar surface area (TPSA) is 59.7 Å². The molecule has 1 fully saturated rings. The van der Waals surface area contributed by atoms with Gasteiger partial charge >= 0.3 is 0 Å². The number of aryl methyl sites for hydroxylation is 1. The largest absolute Gasteiger partial charge is 0.320 e. The van der Waals surface area contributed by atoms with Crippen molar-refractivity contribution in [3.8, 4) is 11.8 Å². The van der Waals surface area contributed by atoms with Crippen molar-refractivity contribution in [2.75, 3.05) is 11.4 Å². The zero-order chi connectivity index (χ0) is 22.5. The predicted octanol–water partition coefficient (Wildman–Crippen LogP) is 4.61. The van der Waals surface area contributed by atoms with Crippen LogP contribution in [0, 0.1) is 23.1 Å². The van der Waals surface area contributed by atoms with E-state index in [1.54, 1.807) is 25.2 Å². The van der Waals surface area contributed by atoms with Crippen molar-refractivity contribution in [1.29, 1.82) is 0 Å². The molecule has 3 heterocycles. The molecule has 0 unspecified atom stereocenters. The maximum Gasteiger partial charge on any atom is 0.256 e. The molecule has 9 heteroatoms. The number of aromatic nitrogens is 5. The van der Waals surface area contributed by atoms with E-state index in [1.807, 2.05) is 0 Å². The molecule has 0 spiro atoms. The normalized spacial score (nSPS) is 14.6. The average Bonchev–Trinajstić information content (AvgIpc) is 3.39. The lowest BCUT2D eigenvalue weighted by Gasteiger charge is -2.25. The highest BCUT2D eigenvalue weighted by Crippen LogP contribution is 2.44. The van der Waals surface area contributed by atoms with E-state index in [2.05, 4.69) is 39.0 Å². The van der Waals surface area contributed by atoms with Crippen LogP contribution in [0.2, 0.25) is 0 Å². The Hall–Kier alpha value is -3.67. The third-order valence-electron chi connectivity index (χ3n) is 5.62. The van der Waals surface area contributed by atoms with Crippen molar-refractivity contribution >= 4 is 33.4 Å². The summed E-state index contributed by atoms with van der Waals surface area (Å²) in [4.78, 5) is 10.1. The zero-order valence-corrected chi connectivity index (χ0v) is 17.5. The van der Waals surface area contributed by atoms with Crippen molar-refractivity contribution < 1.29 is 13.2 Å². The number of alkyl halides is 2. The van der Waals surface area contributed by atoms with Crippen LogP contribution in [0.3, 0.4) is 0 Å². The van der Waals surface area contributed by atoms with E-state index in [9.17, 15) is 13.2 Å². The number of anilines is 2. The van der Waals surface area contributed by atoms with Crippen LogP contribution in [0.25, 0.3) is 21.9 Å². The first kappa shape index (κ1) is 20.2. The molecule has 3 aromatic heterocycles. The van der Waals surface area contributed by atoms with Gasteiger partial charge in [0.1, 0.15) is 22.8 Å². The molecule has 0 amide bonds. The molecule has 4 aromatic rings. The van der Waals surface area contributed by atoms with Crippen LogP contribution >= 0.6 is 0 Å². The van der Waals surface area contributed by atoms with Gasteiger partial charge in [-0.1, -0.05) is 11.1 Å². The Balaban J connectivity index is 1.70. The van der Waals surface area contributed by atoms with E-state index in [1.165, 1.54) is 27.9 Å². The zero-order valence-electron chi connectivity index (χ0n) is 17.5. The number of hydrogen-bond donors (Lipinski definition) is 0. The van der Waals surface area contributed by atoms with Gasteiger partial charge in [0.05, 0.1) is 6.54 Å². The minimum atomic E-state index is -2.66. The van der Waals surface area contributed by atoms with E-state index in [0.717, 1.165) is 12.8 Å². The molecule has 0 saturated heterocycles. The van der Waals surface area contributed by atoms with Gasteiger partial charge in [0.25, 0.3) is 6.43 Å². The van der Waals surface area contributed by atoms with Crippen molar-refractivity contribution in [2.45, 2.75) is 26.2 Å². The molecule has 0 radical (unpaired) electrons. The number of nitrogens with zero attached hydrogens (tertiary/aromatic N) is 6. The van der Waals surface area contributed by atoms with E-state index < -0.39 is 18.8 Å². The standard InChI is InChI=1S/C23H19F3N6/c1-23(8-9-23)7-5-15-12-16(6-10-27-15)32(13-19(25)26)22-18-11-14(24)3-4-17(18)20-21(28-22)29-30-31(20)2/h3-4,6,10-12,19H,8-9,13H2,1-2H3. The van der Waals surface area contributed by atoms with Crippen LogP contribution in [-0.2, 0) is 7.05 Å². The molecule has 1 aliphatic rings. The predicted molar refractivity (Wildman–Crippen MR) is 115 cm³/mol. The van der Waals surface area contributed by atoms with Crippen molar-refractivity contribution in [3.05, 3.63) is 48.0 Å². The summed E-state index contributed by atoms with van der Waals surface area (Å²) in [6.45, 7) is 1.44. The molecule has 6 nitrogen and oxygen atoms in total. The van der Waals surface area contributed by atoms with Gasteiger partial charge < -0.3 is 4.90 Å². The fourth-order valence-electron chi connectivity index (χ4n) is 3.63. The van der Waals surface area contributed by atoms with Crippen LogP contribution in [-0.4, -0.2) is 37.9 Å². The maximum atomic E-state index is 14.2. The molecule has 1 aliphatic carbocycles. The highest BCUT2D eigenvalue weighted by molar-refractivity contribution is 6.08. The number of benzene rings is 1. The van der Waals surface area contributed by atoms with E-state index in [4.69, 9.17) is 0 Å². The summed E-state index contributed by atoms with van der Waals surface area (Å²) in [5, 5.41) is 9.04. The van der Waals surface area contributed by atoms with Crippen molar-refractivity contribution in [3.63, 3.8) is 0 Å². The molecule has 0 N–H and O–H groups in total. The highest BCUT2D eigenvalue weighted by Gasteiger charge is 2.35. The first-order valence-corrected chi connectivity index (χ1v) is 10.2. The third-order valence-corrected chi connectivity index (χ3v) is 5.62. The summed E-state index contributed by atoms with van der Waals surface area (Å²) >= 11 is 0. The molecule has 0 bridgehead atoms. The molecular formula is C23H19F3N6. The van der Waals surface area contributed by atoms with Gasteiger partial charge in [-0.15, -0.1) is 5.10 Å². The average molecular weight is 436 g/mol. The second-order valence-corrected chi connectivity index (χ2v) is 8.22. The Morgan fingerprint density at radius 3 is 2.75 bits per heavy atom. The quantitative estimate of drug-likeness (QED) is 0.438. The first-order chi connectivity index (χ1) is 15.3. The monoisotopic (exact) mass is 436 g/mol. The van der Waals surface area contributed by atoms with Gasteiger partial charge in [0.2, 0.25) is 5.65 Å². The molecule has 5 rings (SSSR count). The molecule has 0 atom stereocenters. The fourth-order valence-corrected chi connectivity index (χ4v) is 3.63. The highest BCUT2D eigenvalue weighted by atomic mass is 19.3.